The standard InChI is InChI=1S/C20H23ClN2O2/c1-5-23(4)13-22-19-11-10-17(14(2)15(19)3)20(24)25-12-16-8-6-7-9-18(16)21/h6-11,13H,5,12H2,1-4H3/b22-13+. The van der Waals surface area contributed by atoms with Crippen molar-refractivity contribution in [1.82, 2.24) is 4.90 Å². The molecule has 0 N–H and O–H groups in total. The van der Waals surface area contributed by atoms with Crippen molar-refractivity contribution < 1.29 is 9.53 Å². The molecule has 132 valence electrons. The van der Waals surface area contributed by atoms with Crippen molar-refractivity contribution in [2.45, 2.75) is 27.4 Å². The molecule has 0 aliphatic carbocycles. The Hall–Kier alpha value is -2.33. The summed E-state index contributed by atoms with van der Waals surface area (Å²) in [5, 5.41) is 0.591. The first kappa shape index (κ1) is 19.0. The molecule has 5 heteroatoms. The van der Waals surface area contributed by atoms with Gasteiger partial charge in [0, 0.05) is 24.2 Å². The first-order valence-electron chi connectivity index (χ1n) is 8.19. The number of esters is 1. The molecule has 0 atom stereocenters. The highest BCUT2D eigenvalue weighted by atomic mass is 35.5. The van der Waals surface area contributed by atoms with Crippen LogP contribution in [0.25, 0.3) is 0 Å². The molecule has 0 saturated carbocycles. The molecule has 0 amide bonds. The second-order valence-corrected chi connectivity index (χ2v) is 6.27. The molecule has 2 rings (SSSR count). The summed E-state index contributed by atoms with van der Waals surface area (Å²) in [4.78, 5) is 18.9. The molecule has 0 aliphatic rings. The van der Waals surface area contributed by atoms with Gasteiger partial charge in [0.25, 0.3) is 0 Å². The molecule has 0 radical (unpaired) electrons. The van der Waals surface area contributed by atoms with Crippen LogP contribution in [-0.4, -0.2) is 30.8 Å². The second kappa shape index (κ2) is 8.67. The van der Waals surface area contributed by atoms with Crippen LogP contribution in [0, 0.1) is 13.8 Å². The zero-order chi connectivity index (χ0) is 18.4. The number of halogens is 1. The average Bonchev–Trinajstić information content (AvgIpc) is 2.61. The Morgan fingerprint density at radius 1 is 1.20 bits per heavy atom. The third kappa shape index (κ3) is 4.83. The topological polar surface area (TPSA) is 41.9 Å². The first-order valence-corrected chi connectivity index (χ1v) is 8.57. The summed E-state index contributed by atoms with van der Waals surface area (Å²) >= 11 is 6.09. The number of benzene rings is 2. The lowest BCUT2D eigenvalue weighted by Gasteiger charge is -2.13. The van der Waals surface area contributed by atoms with Crippen LogP contribution < -0.4 is 0 Å². The lowest BCUT2D eigenvalue weighted by molar-refractivity contribution is 0.0472. The van der Waals surface area contributed by atoms with Crippen molar-refractivity contribution in [2.24, 2.45) is 4.99 Å². The van der Waals surface area contributed by atoms with Crippen molar-refractivity contribution in [2.75, 3.05) is 13.6 Å². The van der Waals surface area contributed by atoms with Gasteiger partial charge in [-0.15, -0.1) is 0 Å². The molecule has 0 unspecified atom stereocenters. The lowest BCUT2D eigenvalue weighted by Crippen LogP contribution is -2.14. The number of carbonyl (C=O) groups excluding carboxylic acids is 1. The van der Waals surface area contributed by atoms with E-state index in [2.05, 4.69) is 11.9 Å². The fraction of sp³-hybridized carbons (Fsp3) is 0.300. The summed E-state index contributed by atoms with van der Waals surface area (Å²) < 4.78 is 5.42. The van der Waals surface area contributed by atoms with E-state index >= 15 is 0 Å². The van der Waals surface area contributed by atoms with Gasteiger partial charge >= 0.3 is 5.97 Å². The van der Waals surface area contributed by atoms with Crippen molar-refractivity contribution in [1.29, 1.82) is 0 Å². The average molecular weight is 359 g/mol. The Morgan fingerprint density at radius 2 is 1.92 bits per heavy atom. The Bertz CT molecular complexity index is 787. The van der Waals surface area contributed by atoms with Crippen molar-refractivity contribution >= 4 is 29.6 Å². The van der Waals surface area contributed by atoms with E-state index in [1.54, 1.807) is 18.5 Å². The van der Waals surface area contributed by atoms with Gasteiger partial charge in [-0.3, -0.25) is 0 Å². The summed E-state index contributed by atoms with van der Waals surface area (Å²) in [6.45, 7) is 6.96. The Labute approximate surface area is 154 Å². The van der Waals surface area contributed by atoms with Crippen LogP contribution in [0.5, 0.6) is 0 Å². The third-order valence-electron chi connectivity index (χ3n) is 4.19. The molecular weight excluding hydrogens is 336 g/mol. The summed E-state index contributed by atoms with van der Waals surface area (Å²) in [5.41, 5.74) is 4.02. The number of hydrogen-bond donors (Lipinski definition) is 0. The molecule has 25 heavy (non-hydrogen) atoms. The van der Waals surface area contributed by atoms with Gasteiger partial charge in [-0.1, -0.05) is 29.8 Å². The molecule has 0 aromatic heterocycles. The molecule has 0 aliphatic heterocycles. The minimum Gasteiger partial charge on any atom is -0.457 e. The molecular formula is C20H23ClN2O2. The number of aliphatic imine (C=N–C) groups is 1. The number of ether oxygens (including phenoxy) is 1. The van der Waals surface area contributed by atoms with E-state index in [0.717, 1.165) is 28.9 Å². The van der Waals surface area contributed by atoms with Gasteiger partial charge in [-0.25, -0.2) is 9.79 Å². The highest BCUT2D eigenvalue weighted by Gasteiger charge is 2.14. The summed E-state index contributed by atoms with van der Waals surface area (Å²) in [6, 6.07) is 10.9. The predicted octanol–water partition coefficient (Wildman–Crippen LogP) is 4.93. The molecule has 0 bridgehead atoms. The van der Waals surface area contributed by atoms with Gasteiger partial charge in [0.15, 0.2) is 0 Å². The van der Waals surface area contributed by atoms with E-state index in [9.17, 15) is 4.79 Å². The van der Waals surface area contributed by atoms with E-state index < -0.39 is 0 Å². The summed E-state index contributed by atoms with van der Waals surface area (Å²) in [6.07, 6.45) is 1.79. The molecule has 2 aromatic rings. The number of hydrogen-bond acceptors (Lipinski definition) is 3. The minimum atomic E-state index is -0.360. The Balaban J connectivity index is 2.14. The van der Waals surface area contributed by atoms with E-state index in [4.69, 9.17) is 16.3 Å². The van der Waals surface area contributed by atoms with Crippen LogP contribution in [0.3, 0.4) is 0 Å². The van der Waals surface area contributed by atoms with Crippen molar-refractivity contribution in [3.05, 3.63) is 63.7 Å². The van der Waals surface area contributed by atoms with Crippen LogP contribution in [0.4, 0.5) is 5.69 Å². The fourth-order valence-corrected chi connectivity index (χ4v) is 2.44. The maximum atomic E-state index is 12.4. The van der Waals surface area contributed by atoms with Crippen molar-refractivity contribution in [3.63, 3.8) is 0 Å². The van der Waals surface area contributed by atoms with E-state index in [1.807, 2.05) is 50.1 Å². The maximum Gasteiger partial charge on any atom is 0.338 e. The highest BCUT2D eigenvalue weighted by molar-refractivity contribution is 6.31. The number of nitrogens with zero attached hydrogens (tertiary/aromatic N) is 2. The number of carbonyl (C=O) groups is 1. The van der Waals surface area contributed by atoms with Gasteiger partial charge < -0.3 is 9.64 Å². The second-order valence-electron chi connectivity index (χ2n) is 5.87. The quantitative estimate of drug-likeness (QED) is 0.418. The monoisotopic (exact) mass is 358 g/mol. The van der Waals surface area contributed by atoms with E-state index in [-0.39, 0.29) is 12.6 Å². The normalized spacial score (nSPS) is 10.9. The summed E-state index contributed by atoms with van der Waals surface area (Å²) in [7, 11) is 1.96. The molecule has 4 nitrogen and oxygen atoms in total. The SMILES string of the molecule is CCN(C)/C=N/c1ccc(C(=O)OCc2ccccc2Cl)c(C)c1C. The molecule has 0 heterocycles. The van der Waals surface area contributed by atoms with Gasteiger partial charge in [-0.05, 0) is 50.1 Å². The maximum absolute atomic E-state index is 12.4. The van der Waals surface area contributed by atoms with E-state index in [0.29, 0.717) is 10.6 Å². The van der Waals surface area contributed by atoms with Crippen LogP contribution in [0.2, 0.25) is 5.02 Å². The van der Waals surface area contributed by atoms with Gasteiger partial charge in [-0.2, -0.15) is 0 Å². The van der Waals surface area contributed by atoms with Gasteiger partial charge in [0.1, 0.15) is 6.61 Å². The van der Waals surface area contributed by atoms with E-state index in [1.165, 1.54) is 0 Å². The minimum absolute atomic E-state index is 0.151. The zero-order valence-corrected chi connectivity index (χ0v) is 15.8. The highest BCUT2D eigenvalue weighted by Crippen LogP contribution is 2.25. The smallest absolute Gasteiger partial charge is 0.338 e. The lowest BCUT2D eigenvalue weighted by atomic mass is 10.0. The predicted molar refractivity (Wildman–Crippen MR) is 103 cm³/mol. The molecule has 0 spiro atoms. The zero-order valence-electron chi connectivity index (χ0n) is 15.0. The Morgan fingerprint density at radius 3 is 2.60 bits per heavy atom. The Kier molecular flexibility index (Phi) is 6.59. The van der Waals surface area contributed by atoms with Gasteiger partial charge in [0.05, 0.1) is 17.6 Å². The van der Waals surface area contributed by atoms with Crippen LogP contribution >= 0.6 is 11.6 Å². The first-order chi connectivity index (χ1) is 11.9. The van der Waals surface area contributed by atoms with Crippen LogP contribution in [0.15, 0.2) is 41.4 Å². The fourth-order valence-electron chi connectivity index (χ4n) is 2.25. The summed E-state index contributed by atoms with van der Waals surface area (Å²) in [5.74, 6) is -0.360. The third-order valence-corrected chi connectivity index (χ3v) is 4.56. The van der Waals surface area contributed by atoms with Crippen LogP contribution in [-0.2, 0) is 11.3 Å². The number of rotatable bonds is 6. The largest absolute Gasteiger partial charge is 0.457 e. The van der Waals surface area contributed by atoms with Crippen LogP contribution in [0.1, 0.15) is 34.0 Å². The van der Waals surface area contributed by atoms with Gasteiger partial charge in [0.2, 0.25) is 0 Å². The molecule has 0 saturated heterocycles. The molecule has 2 aromatic carbocycles. The molecule has 0 fully saturated rings. The van der Waals surface area contributed by atoms with Crippen molar-refractivity contribution in [3.8, 4) is 0 Å².